The third-order valence-corrected chi connectivity index (χ3v) is 3.31. The summed E-state index contributed by atoms with van der Waals surface area (Å²) in [5, 5.41) is 12.7. The molecule has 22 heavy (non-hydrogen) atoms. The number of aliphatic hydroxyl groups excluding tert-OH is 1. The summed E-state index contributed by atoms with van der Waals surface area (Å²) in [6.07, 6.45) is -0.384. The molecule has 0 heterocycles. The van der Waals surface area contributed by atoms with E-state index in [1.54, 1.807) is 31.4 Å². The van der Waals surface area contributed by atoms with E-state index in [2.05, 4.69) is 5.32 Å². The summed E-state index contributed by atoms with van der Waals surface area (Å²) in [7, 11) is 1.56. The summed E-state index contributed by atoms with van der Waals surface area (Å²) in [5.74, 6) is 0.126. The van der Waals surface area contributed by atoms with Gasteiger partial charge in [0, 0.05) is 12.1 Å². The van der Waals surface area contributed by atoms with E-state index in [9.17, 15) is 14.3 Å². The molecule has 0 fully saturated rings. The summed E-state index contributed by atoms with van der Waals surface area (Å²) >= 11 is 0. The summed E-state index contributed by atoms with van der Waals surface area (Å²) in [5.41, 5.74) is 1.15. The molecule has 0 saturated heterocycles. The Morgan fingerprint density at radius 1 is 1.18 bits per heavy atom. The van der Waals surface area contributed by atoms with E-state index in [-0.39, 0.29) is 11.7 Å². The third kappa shape index (κ3) is 4.30. The van der Waals surface area contributed by atoms with E-state index in [1.807, 2.05) is 0 Å². The van der Waals surface area contributed by atoms with Crippen LogP contribution in [-0.2, 0) is 0 Å². The van der Waals surface area contributed by atoms with Crippen LogP contribution in [0.4, 0.5) is 4.39 Å². The molecule has 1 amide bonds. The highest BCUT2D eigenvalue weighted by Gasteiger charge is 2.09. The van der Waals surface area contributed by atoms with Gasteiger partial charge in [-0.25, -0.2) is 4.39 Å². The molecule has 116 valence electrons. The van der Waals surface area contributed by atoms with Crippen LogP contribution < -0.4 is 10.1 Å². The quantitative estimate of drug-likeness (QED) is 0.862. The molecule has 0 aliphatic carbocycles. The van der Waals surface area contributed by atoms with Crippen LogP contribution in [0.15, 0.2) is 48.5 Å². The molecule has 0 aliphatic heterocycles. The molecule has 1 unspecified atom stereocenters. The zero-order chi connectivity index (χ0) is 15.9. The van der Waals surface area contributed by atoms with Crippen molar-refractivity contribution >= 4 is 5.91 Å². The van der Waals surface area contributed by atoms with E-state index < -0.39 is 6.10 Å². The largest absolute Gasteiger partial charge is 0.497 e. The minimum atomic E-state index is -0.739. The number of ether oxygens (including phenoxy) is 1. The first-order valence-corrected chi connectivity index (χ1v) is 6.96. The second-order valence-corrected chi connectivity index (χ2v) is 4.84. The van der Waals surface area contributed by atoms with E-state index in [0.29, 0.717) is 29.8 Å². The van der Waals surface area contributed by atoms with Crippen LogP contribution in [0.2, 0.25) is 0 Å². The highest BCUT2D eigenvalue weighted by Crippen LogP contribution is 2.16. The smallest absolute Gasteiger partial charge is 0.251 e. The highest BCUT2D eigenvalue weighted by molar-refractivity contribution is 5.94. The van der Waals surface area contributed by atoms with Gasteiger partial charge in [0.1, 0.15) is 11.6 Å². The predicted octanol–water partition coefficient (Wildman–Crippen LogP) is 2.69. The van der Waals surface area contributed by atoms with Crippen molar-refractivity contribution in [3.05, 3.63) is 65.5 Å². The van der Waals surface area contributed by atoms with Gasteiger partial charge in [-0.15, -0.1) is 0 Å². The summed E-state index contributed by atoms with van der Waals surface area (Å²) < 4.78 is 17.8. The van der Waals surface area contributed by atoms with E-state index >= 15 is 0 Å². The lowest BCUT2D eigenvalue weighted by molar-refractivity contribution is 0.0942. The molecule has 0 spiro atoms. The SMILES string of the molecule is COc1ccc(C(=O)NCCC(O)c2ccc(F)cc2)cc1. The number of halogens is 1. The standard InChI is InChI=1S/C17H18FNO3/c1-22-15-8-4-13(5-9-15)17(21)19-11-10-16(20)12-2-6-14(18)7-3-12/h2-9,16,20H,10-11H2,1H3,(H,19,21). The summed E-state index contributed by atoms with van der Waals surface area (Å²) in [6, 6.07) is 12.4. The van der Waals surface area contributed by atoms with E-state index in [4.69, 9.17) is 4.74 Å². The maximum absolute atomic E-state index is 12.8. The van der Waals surface area contributed by atoms with E-state index in [0.717, 1.165) is 0 Å². The first kappa shape index (κ1) is 16.0. The molecule has 2 aromatic carbocycles. The van der Waals surface area contributed by atoms with Gasteiger partial charge in [0.15, 0.2) is 0 Å². The highest BCUT2D eigenvalue weighted by atomic mass is 19.1. The molecule has 0 radical (unpaired) electrons. The van der Waals surface area contributed by atoms with Crippen LogP contribution in [0.3, 0.4) is 0 Å². The monoisotopic (exact) mass is 303 g/mol. The maximum Gasteiger partial charge on any atom is 0.251 e. The third-order valence-electron chi connectivity index (χ3n) is 3.31. The second-order valence-electron chi connectivity index (χ2n) is 4.84. The van der Waals surface area contributed by atoms with Crippen molar-refractivity contribution in [2.45, 2.75) is 12.5 Å². The van der Waals surface area contributed by atoms with Crippen molar-refractivity contribution in [3.63, 3.8) is 0 Å². The molecule has 2 aromatic rings. The Bertz CT molecular complexity index is 611. The van der Waals surface area contributed by atoms with Crippen LogP contribution >= 0.6 is 0 Å². The van der Waals surface area contributed by atoms with Crippen molar-refractivity contribution in [2.24, 2.45) is 0 Å². The van der Waals surface area contributed by atoms with Crippen molar-refractivity contribution in [2.75, 3.05) is 13.7 Å². The number of amides is 1. The Morgan fingerprint density at radius 2 is 1.82 bits per heavy atom. The minimum Gasteiger partial charge on any atom is -0.497 e. The van der Waals surface area contributed by atoms with Crippen LogP contribution in [-0.4, -0.2) is 24.7 Å². The molecule has 0 aromatic heterocycles. The predicted molar refractivity (Wildman–Crippen MR) is 81.3 cm³/mol. The lowest BCUT2D eigenvalue weighted by Crippen LogP contribution is -2.25. The number of aliphatic hydroxyl groups is 1. The molecule has 0 saturated carbocycles. The van der Waals surface area contributed by atoms with Gasteiger partial charge < -0.3 is 15.2 Å². The molecular formula is C17H18FNO3. The number of carbonyl (C=O) groups is 1. The Morgan fingerprint density at radius 3 is 2.41 bits per heavy atom. The lowest BCUT2D eigenvalue weighted by atomic mass is 10.1. The number of benzene rings is 2. The lowest BCUT2D eigenvalue weighted by Gasteiger charge is -2.12. The molecule has 2 rings (SSSR count). The topological polar surface area (TPSA) is 58.6 Å². The van der Waals surface area contributed by atoms with Crippen molar-refractivity contribution in [1.29, 1.82) is 0 Å². The van der Waals surface area contributed by atoms with Crippen LogP contribution in [0.1, 0.15) is 28.4 Å². The van der Waals surface area contributed by atoms with Gasteiger partial charge in [0.05, 0.1) is 13.2 Å². The molecule has 5 heteroatoms. The average Bonchev–Trinajstić information content (AvgIpc) is 2.55. The van der Waals surface area contributed by atoms with Crippen LogP contribution in [0, 0.1) is 5.82 Å². The number of methoxy groups -OCH3 is 1. The zero-order valence-corrected chi connectivity index (χ0v) is 12.3. The molecule has 4 nitrogen and oxygen atoms in total. The van der Waals surface area contributed by atoms with Gasteiger partial charge in [0.2, 0.25) is 0 Å². The van der Waals surface area contributed by atoms with Gasteiger partial charge >= 0.3 is 0 Å². The van der Waals surface area contributed by atoms with E-state index in [1.165, 1.54) is 24.3 Å². The maximum atomic E-state index is 12.8. The van der Waals surface area contributed by atoms with Gasteiger partial charge in [0.25, 0.3) is 5.91 Å². The van der Waals surface area contributed by atoms with Crippen molar-refractivity contribution < 1.29 is 19.0 Å². The fraction of sp³-hybridized carbons (Fsp3) is 0.235. The normalized spacial score (nSPS) is 11.8. The summed E-state index contributed by atoms with van der Waals surface area (Å²) in [4.78, 5) is 11.9. The molecular weight excluding hydrogens is 285 g/mol. The Kier molecular flexibility index (Phi) is 5.49. The fourth-order valence-electron chi connectivity index (χ4n) is 2.02. The summed E-state index contributed by atoms with van der Waals surface area (Å²) in [6.45, 7) is 0.323. The number of rotatable bonds is 6. The second kappa shape index (κ2) is 7.56. The van der Waals surface area contributed by atoms with Crippen molar-refractivity contribution in [3.8, 4) is 5.75 Å². The Labute approximate surface area is 128 Å². The van der Waals surface area contributed by atoms with Crippen LogP contribution in [0.25, 0.3) is 0 Å². The Balaban J connectivity index is 1.82. The number of carbonyl (C=O) groups excluding carboxylic acids is 1. The zero-order valence-electron chi connectivity index (χ0n) is 12.3. The van der Waals surface area contributed by atoms with Gasteiger partial charge in [-0.3, -0.25) is 4.79 Å². The Hall–Kier alpha value is -2.40. The first-order valence-electron chi connectivity index (χ1n) is 6.96. The number of nitrogens with one attached hydrogen (secondary N) is 1. The average molecular weight is 303 g/mol. The van der Waals surface area contributed by atoms with Gasteiger partial charge in [-0.1, -0.05) is 12.1 Å². The van der Waals surface area contributed by atoms with Gasteiger partial charge in [-0.2, -0.15) is 0 Å². The number of hydrogen-bond acceptors (Lipinski definition) is 3. The molecule has 1 atom stereocenters. The fourth-order valence-corrected chi connectivity index (χ4v) is 2.02. The first-order chi connectivity index (χ1) is 10.6. The molecule has 2 N–H and O–H groups in total. The molecule has 0 bridgehead atoms. The molecule has 0 aliphatic rings. The van der Waals surface area contributed by atoms with Crippen molar-refractivity contribution in [1.82, 2.24) is 5.32 Å². The minimum absolute atomic E-state index is 0.214. The van der Waals surface area contributed by atoms with Gasteiger partial charge in [-0.05, 0) is 48.4 Å². The number of hydrogen-bond donors (Lipinski definition) is 2. The van der Waals surface area contributed by atoms with Crippen LogP contribution in [0.5, 0.6) is 5.75 Å².